The lowest BCUT2D eigenvalue weighted by Crippen LogP contribution is -2.49. The highest BCUT2D eigenvalue weighted by molar-refractivity contribution is 7.87. The van der Waals surface area contributed by atoms with Crippen LogP contribution < -0.4 is 4.72 Å². The van der Waals surface area contributed by atoms with Gasteiger partial charge in [0.25, 0.3) is 10.2 Å². The third kappa shape index (κ3) is 4.61. The van der Waals surface area contributed by atoms with E-state index in [-0.39, 0.29) is 12.8 Å². The Morgan fingerprint density at radius 1 is 1.35 bits per heavy atom. The standard InChI is InChI=1S/C10H20N2O4S/c1-10(2,6-5-9(13)14)11-17(15,16)12-7-3-4-8-12/h11H,3-8H2,1-2H3,(H,13,14). The van der Waals surface area contributed by atoms with E-state index < -0.39 is 21.7 Å². The summed E-state index contributed by atoms with van der Waals surface area (Å²) in [6.45, 7) is 4.49. The molecule has 2 N–H and O–H groups in total. The molecule has 0 aliphatic carbocycles. The minimum atomic E-state index is -3.48. The fourth-order valence-corrected chi connectivity index (χ4v) is 3.48. The summed E-state index contributed by atoms with van der Waals surface area (Å²) in [6.07, 6.45) is 2.00. The van der Waals surface area contributed by atoms with Crippen molar-refractivity contribution < 1.29 is 18.3 Å². The SMILES string of the molecule is CC(C)(CCC(=O)O)NS(=O)(=O)N1CCCC1. The Kier molecular flexibility index (Phi) is 4.51. The smallest absolute Gasteiger partial charge is 0.303 e. The third-order valence-electron chi connectivity index (χ3n) is 2.77. The van der Waals surface area contributed by atoms with E-state index >= 15 is 0 Å². The van der Waals surface area contributed by atoms with E-state index in [1.807, 2.05) is 0 Å². The molecule has 0 bridgehead atoms. The summed E-state index contributed by atoms with van der Waals surface area (Å²) in [5.74, 6) is -0.918. The molecule has 0 aromatic rings. The van der Waals surface area contributed by atoms with E-state index in [4.69, 9.17) is 5.11 Å². The zero-order chi connectivity index (χ0) is 13.1. The Labute approximate surface area is 102 Å². The van der Waals surface area contributed by atoms with Gasteiger partial charge in [0, 0.05) is 25.0 Å². The minimum Gasteiger partial charge on any atom is -0.481 e. The van der Waals surface area contributed by atoms with E-state index in [9.17, 15) is 13.2 Å². The molecule has 1 heterocycles. The molecule has 1 aliphatic heterocycles. The second-order valence-electron chi connectivity index (χ2n) is 4.99. The van der Waals surface area contributed by atoms with Gasteiger partial charge in [-0.3, -0.25) is 4.79 Å². The second kappa shape index (κ2) is 5.32. The van der Waals surface area contributed by atoms with Crippen molar-refractivity contribution in [3.05, 3.63) is 0 Å². The summed E-state index contributed by atoms with van der Waals surface area (Å²) in [5, 5.41) is 8.60. The van der Waals surface area contributed by atoms with Crippen molar-refractivity contribution in [2.24, 2.45) is 0 Å². The molecule has 1 aliphatic rings. The molecule has 7 heteroatoms. The summed E-state index contributed by atoms with van der Waals surface area (Å²) >= 11 is 0. The van der Waals surface area contributed by atoms with Gasteiger partial charge in [0.1, 0.15) is 0 Å². The molecule has 0 unspecified atom stereocenters. The van der Waals surface area contributed by atoms with Crippen LogP contribution in [0.4, 0.5) is 0 Å². The third-order valence-corrected chi connectivity index (χ3v) is 4.63. The van der Waals surface area contributed by atoms with Crippen LogP contribution in [0.15, 0.2) is 0 Å². The quantitative estimate of drug-likeness (QED) is 0.734. The number of carboxylic acid groups (broad SMARTS) is 1. The molecule has 1 saturated heterocycles. The summed E-state index contributed by atoms with van der Waals surface area (Å²) in [7, 11) is -3.48. The molecule has 0 aromatic heterocycles. The lowest BCUT2D eigenvalue weighted by atomic mass is 10.0. The van der Waals surface area contributed by atoms with Crippen molar-refractivity contribution in [1.82, 2.24) is 9.03 Å². The van der Waals surface area contributed by atoms with Gasteiger partial charge in [-0.2, -0.15) is 17.4 Å². The summed E-state index contributed by atoms with van der Waals surface area (Å²) in [6, 6.07) is 0. The summed E-state index contributed by atoms with van der Waals surface area (Å²) in [5.41, 5.74) is -0.736. The molecular weight excluding hydrogens is 244 g/mol. The Morgan fingerprint density at radius 3 is 2.35 bits per heavy atom. The normalized spacial score (nSPS) is 18.5. The van der Waals surface area contributed by atoms with E-state index in [1.165, 1.54) is 4.31 Å². The Hall–Kier alpha value is -0.660. The first-order valence-electron chi connectivity index (χ1n) is 5.74. The Balaban J connectivity index is 2.58. The van der Waals surface area contributed by atoms with Gasteiger partial charge in [-0.05, 0) is 33.1 Å². The first kappa shape index (κ1) is 14.4. The molecule has 1 rings (SSSR count). The number of nitrogens with one attached hydrogen (secondary N) is 1. The fourth-order valence-electron chi connectivity index (χ4n) is 1.81. The second-order valence-corrected chi connectivity index (χ2v) is 6.66. The van der Waals surface area contributed by atoms with Crippen molar-refractivity contribution in [2.45, 2.75) is 45.1 Å². The van der Waals surface area contributed by atoms with Crippen LogP contribution in [-0.4, -0.2) is 42.4 Å². The average molecular weight is 264 g/mol. The first-order valence-corrected chi connectivity index (χ1v) is 7.18. The van der Waals surface area contributed by atoms with E-state index in [1.54, 1.807) is 13.8 Å². The molecule has 0 spiro atoms. The van der Waals surface area contributed by atoms with Crippen LogP contribution in [0.1, 0.15) is 39.5 Å². The van der Waals surface area contributed by atoms with Gasteiger partial charge in [0.15, 0.2) is 0 Å². The molecule has 0 amide bonds. The number of carboxylic acids is 1. The molecule has 0 atom stereocenters. The number of rotatable bonds is 6. The van der Waals surface area contributed by atoms with Crippen LogP contribution in [0.25, 0.3) is 0 Å². The van der Waals surface area contributed by atoms with Gasteiger partial charge in [-0.25, -0.2) is 0 Å². The maximum absolute atomic E-state index is 12.0. The molecular formula is C10H20N2O4S. The number of nitrogens with zero attached hydrogens (tertiary/aromatic N) is 1. The van der Waals surface area contributed by atoms with Gasteiger partial charge in [0.05, 0.1) is 0 Å². The van der Waals surface area contributed by atoms with Crippen molar-refractivity contribution in [3.63, 3.8) is 0 Å². The largest absolute Gasteiger partial charge is 0.481 e. The van der Waals surface area contributed by atoms with Crippen molar-refractivity contribution >= 4 is 16.2 Å². The van der Waals surface area contributed by atoms with Crippen LogP contribution in [0.5, 0.6) is 0 Å². The van der Waals surface area contributed by atoms with Gasteiger partial charge in [-0.15, -0.1) is 0 Å². The molecule has 0 saturated carbocycles. The van der Waals surface area contributed by atoms with Gasteiger partial charge >= 0.3 is 5.97 Å². The molecule has 1 fully saturated rings. The molecule has 0 aromatic carbocycles. The van der Waals surface area contributed by atoms with Crippen LogP contribution in [0.3, 0.4) is 0 Å². The maximum Gasteiger partial charge on any atom is 0.303 e. The minimum absolute atomic E-state index is 0.0461. The predicted molar refractivity (Wildman–Crippen MR) is 63.8 cm³/mol. The van der Waals surface area contributed by atoms with Gasteiger partial charge in [-0.1, -0.05) is 0 Å². The summed E-state index contributed by atoms with van der Waals surface area (Å²) < 4.78 is 27.9. The highest BCUT2D eigenvalue weighted by atomic mass is 32.2. The molecule has 6 nitrogen and oxygen atoms in total. The lowest BCUT2D eigenvalue weighted by molar-refractivity contribution is -0.137. The van der Waals surface area contributed by atoms with Crippen molar-refractivity contribution in [2.75, 3.05) is 13.1 Å². The monoisotopic (exact) mass is 264 g/mol. The zero-order valence-corrected chi connectivity index (χ0v) is 11.1. The predicted octanol–water partition coefficient (Wildman–Crippen LogP) is 0.560. The number of hydrogen-bond acceptors (Lipinski definition) is 3. The number of hydrogen-bond donors (Lipinski definition) is 2. The van der Waals surface area contributed by atoms with Crippen LogP contribution in [0.2, 0.25) is 0 Å². The highest BCUT2D eigenvalue weighted by Crippen LogP contribution is 2.17. The van der Waals surface area contributed by atoms with Crippen molar-refractivity contribution in [3.8, 4) is 0 Å². The fraction of sp³-hybridized carbons (Fsp3) is 0.900. The van der Waals surface area contributed by atoms with Crippen LogP contribution >= 0.6 is 0 Å². The lowest BCUT2D eigenvalue weighted by Gasteiger charge is -2.28. The highest BCUT2D eigenvalue weighted by Gasteiger charge is 2.31. The topological polar surface area (TPSA) is 86.7 Å². The maximum atomic E-state index is 12.0. The van der Waals surface area contributed by atoms with Crippen LogP contribution in [0, 0.1) is 0 Å². The summed E-state index contributed by atoms with van der Waals surface area (Å²) in [4.78, 5) is 10.5. The number of carbonyl (C=O) groups is 1. The van der Waals surface area contributed by atoms with Gasteiger partial charge < -0.3 is 5.11 Å². The van der Waals surface area contributed by atoms with E-state index in [0.29, 0.717) is 13.1 Å². The molecule has 100 valence electrons. The zero-order valence-electron chi connectivity index (χ0n) is 10.3. The Bertz CT molecular complexity index is 372. The van der Waals surface area contributed by atoms with Crippen molar-refractivity contribution in [1.29, 1.82) is 0 Å². The van der Waals surface area contributed by atoms with Crippen LogP contribution in [-0.2, 0) is 15.0 Å². The number of aliphatic carboxylic acids is 1. The Morgan fingerprint density at radius 2 is 1.88 bits per heavy atom. The van der Waals surface area contributed by atoms with Gasteiger partial charge in [0.2, 0.25) is 0 Å². The molecule has 17 heavy (non-hydrogen) atoms. The first-order chi connectivity index (χ1) is 7.73. The molecule has 0 radical (unpaired) electrons. The van der Waals surface area contributed by atoms with E-state index in [0.717, 1.165) is 12.8 Å². The average Bonchev–Trinajstić information content (AvgIpc) is 2.66. The van der Waals surface area contributed by atoms with E-state index in [2.05, 4.69) is 4.72 Å².